The van der Waals surface area contributed by atoms with Crippen LogP contribution in [0, 0.1) is 0 Å². The lowest BCUT2D eigenvalue weighted by molar-refractivity contribution is 0.0523. The molecule has 24 heavy (non-hydrogen) atoms. The van der Waals surface area contributed by atoms with E-state index in [4.69, 9.17) is 13.9 Å². The zero-order chi connectivity index (χ0) is 16.9. The van der Waals surface area contributed by atoms with Gasteiger partial charge in [0.2, 0.25) is 11.8 Å². The van der Waals surface area contributed by atoms with Gasteiger partial charge in [0, 0.05) is 12.6 Å². The van der Waals surface area contributed by atoms with Gasteiger partial charge >= 0.3 is 5.63 Å². The fraction of sp³-hybridized carbons (Fsp3) is 0.375. The summed E-state index contributed by atoms with van der Waals surface area (Å²) in [5.41, 5.74) is -0.139. The first-order valence-corrected chi connectivity index (χ1v) is 7.56. The maximum Gasteiger partial charge on any atom is 0.335 e. The second-order valence-electron chi connectivity index (χ2n) is 5.38. The molecule has 3 heterocycles. The van der Waals surface area contributed by atoms with E-state index in [1.54, 1.807) is 4.90 Å². The van der Waals surface area contributed by atoms with Crippen molar-refractivity contribution < 1.29 is 18.7 Å². The molecule has 2 aromatic rings. The van der Waals surface area contributed by atoms with Crippen molar-refractivity contribution in [2.45, 2.75) is 18.9 Å². The van der Waals surface area contributed by atoms with Gasteiger partial charge in [-0.05, 0) is 18.9 Å². The van der Waals surface area contributed by atoms with E-state index in [0.717, 1.165) is 12.8 Å². The van der Waals surface area contributed by atoms with Crippen molar-refractivity contribution >= 4 is 5.91 Å². The molecule has 0 N–H and O–H groups in total. The van der Waals surface area contributed by atoms with Gasteiger partial charge in [0.1, 0.15) is 12.4 Å². The third kappa shape index (κ3) is 3.70. The fourth-order valence-corrected chi connectivity index (χ4v) is 2.54. The summed E-state index contributed by atoms with van der Waals surface area (Å²) >= 11 is 0. The molecule has 126 valence electrons. The van der Waals surface area contributed by atoms with E-state index in [1.165, 1.54) is 37.9 Å². The average Bonchev–Trinajstić information content (AvgIpc) is 2.62. The molecule has 1 saturated heterocycles. The maximum atomic E-state index is 12.5. The number of piperidine rings is 1. The molecule has 1 aliphatic rings. The minimum Gasteiger partial charge on any atom is -0.480 e. The largest absolute Gasteiger partial charge is 0.480 e. The maximum absolute atomic E-state index is 12.5. The van der Waals surface area contributed by atoms with Gasteiger partial charge in [-0.25, -0.2) is 4.79 Å². The highest BCUT2D eigenvalue weighted by molar-refractivity contribution is 5.93. The van der Waals surface area contributed by atoms with Gasteiger partial charge in [0.15, 0.2) is 0 Å². The third-order valence-electron chi connectivity index (χ3n) is 3.70. The first kappa shape index (κ1) is 16.0. The van der Waals surface area contributed by atoms with E-state index in [2.05, 4.69) is 9.97 Å². The second-order valence-corrected chi connectivity index (χ2v) is 5.38. The van der Waals surface area contributed by atoms with Crippen LogP contribution in [0.25, 0.3) is 0 Å². The van der Waals surface area contributed by atoms with Crippen molar-refractivity contribution in [3.63, 3.8) is 0 Å². The van der Waals surface area contributed by atoms with Gasteiger partial charge in [0.05, 0.1) is 31.6 Å². The molecular weight excluding hydrogens is 314 g/mol. The number of carbonyl (C=O) groups is 1. The van der Waals surface area contributed by atoms with E-state index >= 15 is 0 Å². The van der Waals surface area contributed by atoms with Gasteiger partial charge in [-0.2, -0.15) is 4.98 Å². The Kier molecular flexibility index (Phi) is 4.74. The summed E-state index contributed by atoms with van der Waals surface area (Å²) in [5.74, 6) is 0.540. The molecule has 0 aromatic carbocycles. The van der Waals surface area contributed by atoms with Crippen molar-refractivity contribution in [3.8, 4) is 11.8 Å². The number of methoxy groups -OCH3 is 1. The van der Waals surface area contributed by atoms with Gasteiger partial charge < -0.3 is 18.8 Å². The van der Waals surface area contributed by atoms with Crippen LogP contribution in [0.5, 0.6) is 11.8 Å². The summed E-state index contributed by atoms with van der Waals surface area (Å²) < 4.78 is 15.6. The smallest absolute Gasteiger partial charge is 0.335 e. The normalized spacial score (nSPS) is 17.4. The van der Waals surface area contributed by atoms with Crippen LogP contribution >= 0.6 is 0 Å². The van der Waals surface area contributed by atoms with Gasteiger partial charge in [-0.15, -0.1) is 0 Å². The summed E-state index contributed by atoms with van der Waals surface area (Å²) in [6.45, 7) is 1.05. The lowest BCUT2D eigenvalue weighted by atomic mass is 10.1. The molecule has 2 aromatic heterocycles. The Hall–Kier alpha value is -2.90. The number of hydrogen-bond acceptors (Lipinski definition) is 7. The highest BCUT2D eigenvalue weighted by Gasteiger charge is 2.26. The summed E-state index contributed by atoms with van der Waals surface area (Å²) in [6, 6.07) is 2.70. The lowest BCUT2D eigenvalue weighted by Crippen LogP contribution is -2.44. The fourth-order valence-electron chi connectivity index (χ4n) is 2.54. The Morgan fingerprint density at radius 3 is 2.92 bits per heavy atom. The topological polar surface area (TPSA) is 94.8 Å². The van der Waals surface area contributed by atoms with Crippen LogP contribution in [0.1, 0.15) is 23.2 Å². The van der Waals surface area contributed by atoms with Crippen LogP contribution in [0.15, 0.2) is 40.0 Å². The standard InChI is InChI=1S/C16H17N3O5/c1-22-13-7-17-8-14(18-13)24-12-3-2-6-19(9-12)16(21)11-4-5-15(20)23-10-11/h4-5,7-8,10,12H,2-3,6,9H2,1H3. The number of carbonyl (C=O) groups excluding carboxylic acids is 1. The van der Waals surface area contributed by atoms with Crippen molar-refractivity contribution in [2.24, 2.45) is 0 Å². The van der Waals surface area contributed by atoms with Crippen molar-refractivity contribution in [1.29, 1.82) is 0 Å². The highest BCUT2D eigenvalue weighted by atomic mass is 16.5. The Bertz CT molecular complexity index is 756. The van der Waals surface area contributed by atoms with Crippen molar-refractivity contribution in [2.75, 3.05) is 20.2 Å². The molecule has 0 radical (unpaired) electrons. The number of nitrogens with zero attached hydrogens (tertiary/aromatic N) is 3. The molecule has 1 unspecified atom stereocenters. The Morgan fingerprint density at radius 1 is 1.33 bits per heavy atom. The van der Waals surface area contributed by atoms with E-state index in [0.29, 0.717) is 30.4 Å². The zero-order valence-corrected chi connectivity index (χ0v) is 13.2. The quantitative estimate of drug-likeness (QED) is 0.828. The zero-order valence-electron chi connectivity index (χ0n) is 13.2. The summed E-state index contributed by atoms with van der Waals surface area (Å²) in [5, 5.41) is 0. The summed E-state index contributed by atoms with van der Waals surface area (Å²) in [6.07, 6.45) is 5.63. The number of aromatic nitrogens is 2. The number of likely N-dealkylation sites (tertiary alicyclic amines) is 1. The Labute approximate surface area is 138 Å². The first-order valence-electron chi connectivity index (χ1n) is 7.56. The van der Waals surface area contributed by atoms with Gasteiger partial charge in [0.25, 0.3) is 5.91 Å². The van der Waals surface area contributed by atoms with Crippen LogP contribution in [0.3, 0.4) is 0 Å². The average molecular weight is 331 g/mol. The van der Waals surface area contributed by atoms with Gasteiger partial charge in [-0.1, -0.05) is 0 Å². The predicted molar refractivity (Wildman–Crippen MR) is 83.1 cm³/mol. The van der Waals surface area contributed by atoms with Crippen LogP contribution in [-0.4, -0.2) is 47.1 Å². The number of rotatable bonds is 4. The van der Waals surface area contributed by atoms with Crippen LogP contribution in [0.2, 0.25) is 0 Å². The molecule has 8 heteroatoms. The molecule has 0 bridgehead atoms. The van der Waals surface area contributed by atoms with Crippen LogP contribution in [0.4, 0.5) is 0 Å². The molecule has 1 fully saturated rings. The number of ether oxygens (including phenoxy) is 2. The number of amides is 1. The van der Waals surface area contributed by atoms with E-state index in [1.807, 2.05) is 0 Å². The number of hydrogen-bond donors (Lipinski definition) is 0. The van der Waals surface area contributed by atoms with Crippen molar-refractivity contribution in [1.82, 2.24) is 14.9 Å². The second kappa shape index (κ2) is 7.12. The van der Waals surface area contributed by atoms with Gasteiger partial charge in [-0.3, -0.25) is 9.78 Å². The summed E-state index contributed by atoms with van der Waals surface area (Å²) in [7, 11) is 1.51. The minimum absolute atomic E-state index is 0.181. The monoisotopic (exact) mass is 331 g/mol. The van der Waals surface area contributed by atoms with Crippen LogP contribution < -0.4 is 15.1 Å². The molecule has 0 spiro atoms. The van der Waals surface area contributed by atoms with E-state index in [-0.39, 0.29) is 12.0 Å². The molecule has 0 saturated carbocycles. The van der Waals surface area contributed by atoms with Crippen molar-refractivity contribution in [3.05, 3.63) is 46.8 Å². The lowest BCUT2D eigenvalue weighted by Gasteiger charge is -2.32. The highest BCUT2D eigenvalue weighted by Crippen LogP contribution is 2.19. The Balaban J connectivity index is 1.66. The molecule has 0 aliphatic carbocycles. The SMILES string of the molecule is COc1cncc(OC2CCCN(C(=O)c3ccc(=O)oc3)C2)n1. The molecule has 1 amide bonds. The third-order valence-corrected chi connectivity index (χ3v) is 3.70. The molecule has 3 rings (SSSR count). The minimum atomic E-state index is -0.483. The van der Waals surface area contributed by atoms with E-state index in [9.17, 15) is 9.59 Å². The molecular formula is C16H17N3O5. The summed E-state index contributed by atoms with van der Waals surface area (Å²) in [4.78, 5) is 33.3. The molecule has 1 atom stereocenters. The van der Waals surface area contributed by atoms with E-state index < -0.39 is 5.63 Å². The van der Waals surface area contributed by atoms with Crippen LogP contribution in [-0.2, 0) is 0 Å². The predicted octanol–water partition coefficient (Wildman–Crippen LogP) is 1.12. The first-order chi connectivity index (χ1) is 11.7. The molecule has 1 aliphatic heterocycles. The molecule has 8 nitrogen and oxygen atoms in total. The Morgan fingerprint density at radius 2 is 2.17 bits per heavy atom.